The quantitative estimate of drug-likeness (QED) is 0.745. The topological polar surface area (TPSA) is 37.0 Å². The molecule has 0 saturated carbocycles. The minimum absolute atomic E-state index is 0.185. The van der Waals surface area contributed by atoms with Crippen LogP contribution in [0.3, 0.4) is 0 Å². The van der Waals surface area contributed by atoms with E-state index in [0.717, 1.165) is 19.1 Å². The lowest BCUT2D eigenvalue weighted by molar-refractivity contribution is 0.0587. The lowest BCUT2D eigenvalue weighted by Gasteiger charge is -2.23. The molecule has 1 saturated heterocycles. The summed E-state index contributed by atoms with van der Waals surface area (Å²) in [6, 6.07) is 4.82. The van der Waals surface area contributed by atoms with Crippen molar-refractivity contribution in [2.75, 3.05) is 13.2 Å². The number of aromatic amines is 1. The Morgan fingerprint density at radius 3 is 3.12 bits per heavy atom. The number of piperidine rings is 1. The number of hydrogen-bond acceptors (Lipinski definition) is 2. The lowest BCUT2D eigenvalue weighted by atomic mass is 10.0. The molecule has 1 aliphatic heterocycles. The molecule has 17 heavy (non-hydrogen) atoms. The number of H-pyrrole nitrogens is 1. The zero-order valence-corrected chi connectivity index (χ0v) is 10.7. The molecule has 0 amide bonds. The number of rotatable bonds is 6. The predicted octanol–water partition coefficient (Wildman–Crippen LogP) is 3.01. The fourth-order valence-electron chi connectivity index (χ4n) is 2.45. The number of hydrogen-bond donors (Lipinski definition) is 2. The molecule has 0 aromatic carbocycles. The maximum absolute atomic E-state index is 5.82. The Labute approximate surface area is 104 Å². The Hall–Kier alpha value is -0.800. The third-order valence-corrected chi connectivity index (χ3v) is 3.54. The molecule has 0 bridgehead atoms. The second kappa shape index (κ2) is 6.82. The Morgan fingerprint density at radius 1 is 1.47 bits per heavy atom. The molecule has 1 aliphatic rings. The van der Waals surface area contributed by atoms with Crippen molar-refractivity contribution >= 4 is 0 Å². The molecule has 0 radical (unpaired) electrons. The zero-order chi connectivity index (χ0) is 11.9. The van der Waals surface area contributed by atoms with E-state index in [-0.39, 0.29) is 6.10 Å². The largest absolute Gasteiger partial charge is 0.372 e. The summed E-state index contributed by atoms with van der Waals surface area (Å²) in [4.78, 5) is 3.19. The van der Waals surface area contributed by atoms with Crippen molar-refractivity contribution in [2.45, 2.75) is 51.2 Å². The molecule has 0 spiro atoms. The van der Waals surface area contributed by atoms with Crippen molar-refractivity contribution < 1.29 is 4.74 Å². The van der Waals surface area contributed by atoms with Crippen LogP contribution < -0.4 is 5.32 Å². The first-order chi connectivity index (χ1) is 8.36. The number of ether oxygens (including phenoxy) is 1. The van der Waals surface area contributed by atoms with E-state index in [1.54, 1.807) is 0 Å². The highest BCUT2D eigenvalue weighted by atomic mass is 16.5. The van der Waals surface area contributed by atoms with Crippen molar-refractivity contribution in [3.05, 3.63) is 24.0 Å². The van der Waals surface area contributed by atoms with Crippen LogP contribution in [0.15, 0.2) is 18.3 Å². The second-order valence-electron chi connectivity index (χ2n) is 4.93. The number of aromatic nitrogens is 1. The van der Waals surface area contributed by atoms with Gasteiger partial charge in [0.1, 0.15) is 0 Å². The van der Waals surface area contributed by atoms with Gasteiger partial charge in [-0.25, -0.2) is 0 Å². The first-order valence-corrected chi connectivity index (χ1v) is 6.84. The van der Waals surface area contributed by atoms with Crippen LogP contribution in [0.5, 0.6) is 0 Å². The highest BCUT2D eigenvalue weighted by molar-refractivity contribution is 5.06. The van der Waals surface area contributed by atoms with Crippen molar-refractivity contribution in [2.24, 2.45) is 0 Å². The van der Waals surface area contributed by atoms with Gasteiger partial charge in [-0.3, -0.25) is 0 Å². The summed E-state index contributed by atoms with van der Waals surface area (Å²) in [6.45, 7) is 4.16. The first kappa shape index (κ1) is 12.7. The summed E-state index contributed by atoms with van der Waals surface area (Å²) < 4.78 is 5.82. The van der Waals surface area contributed by atoms with Gasteiger partial charge in [0.05, 0.1) is 6.10 Å². The van der Waals surface area contributed by atoms with Gasteiger partial charge in [-0.2, -0.15) is 0 Å². The van der Waals surface area contributed by atoms with Crippen LogP contribution in [-0.2, 0) is 4.74 Å². The molecule has 3 nitrogen and oxygen atoms in total. The second-order valence-corrected chi connectivity index (χ2v) is 4.93. The Balaban J connectivity index is 1.56. The molecule has 0 aliphatic carbocycles. The maximum Gasteiger partial charge on any atom is 0.0944 e. The van der Waals surface area contributed by atoms with Gasteiger partial charge in [-0.1, -0.05) is 6.42 Å². The monoisotopic (exact) mass is 236 g/mol. The molecular weight excluding hydrogens is 212 g/mol. The van der Waals surface area contributed by atoms with Crippen molar-refractivity contribution in [1.29, 1.82) is 0 Å². The van der Waals surface area contributed by atoms with Gasteiger partial charge in [0.15, 0.2) is 0 Å². The predicted molar refractivity (Wildman–Crippen MR) is 70.0 cm³/mol. The molecule has 2 atom stereocenters. The third-order valence-electron chi connectivity index (χ3n) is 3.54. The van der Waals surface area contributed by atoms with Gasteiger partial charge < -0.3 is 15.0 Å². The van der Waals surface area contributed by atoms with Crippen molar-refractivity contribution in [3.63, 3.8) is 0 Å². The van der Waals surface area contributed by atoms with E-state index < -0.39 is 0 Å². The Morgan fingerprint density at radius 2 is 2.41 bits per heavy atom. The first-order valence-electron chi connectivity index (χ1n) is 6.84. The van der Waals surface area contributed by atoms with E-state index >= 15 is 0 Å². The van der Waals surface area contributed by atoms with Crippen LogP contribution >= 0.6 is 0 Å². The average molecular weight is 236 g/mol. The zero-order valence-electron chi connectivity index (χ0n) is 10.7. The van der Waals surface area contributed by atoms with Gasteiger partial charge >= 0.3 is 0 Å². The minimum atomic E-state index is 0.185. The van der Waals surface area contributed by atoms with Crippen LogP contribution in [0.4, 0.5) is 0 Å². The van der Waals surface area contributed by atoms with Gasteiger partial charge in [-0.15, -0.1) is 0 Å². The SMILES string of the molecule is CC(OCCCC1CCCCN1)c1ccc[nH]1. The van der Waals surface area contributed by atoms with Crippen LogP contribution in [0.1, 0.15) is 50.8 Å². The normalized spacial score (nSPS) is 22.5. The van der Waals surface area contributed by atoms with Crippen LogP contribution in [-0.4, -0.2) is 24.2 Å². The van der Waals surface area contributed by atoms with E-state index in [9.17, 15) is 0 Å². The van der Waals surface area contributed by atoms with Crippen molar-refractivity contribution in [3.8, 4) is 0 Å². The fourth-order valence-corrected chi connectivity index (χ4v) is 2.45. The van der Waals surface area contributed by atoms with E-state index in [4.69, 9.17) is 4.74 Å². The summed E-state index contributed by atoms with van der Waals surface area (Å²) >= 11 is 0. The number of nitrogens with one attached hydrogen (secondary N) is 2. The van der Waals surface area contributed by atoms with Crippen LogP contribution in [0, 0.1) is 0 Å². The average Bonchev–Trinajstić information content (AvgIpc) is 2.89. The Bertz CT molecular complexity index is 291. The summed E-state index contributed by atoms with van der Waals surface area (Å²) in [7, 11) is 0. The molecule has 2 heterocycles. The van der Waals surface area contributed by atoms with E-state index in [1.807, 2.05) is 12.3 Å². The smallest absolute Gasteiger partial charge is 0.0944 e. The standard InChI is InChI=1S/C14H24N2O/c1-12(14-8-4-10-16-14)17-11-5-7-13-6-2-3-9-15-13/h4,8,10,12-13,15-16H,2-3,5-7,9,11H2,1H3. The van der Waals surface area contributed by atoms with Gasteiger partial charge in [0.2, 0.25) is 0 Å². The molecule has 2 unspecified atom stereocenters. The molecule has 1 fully saturated rings. The molecule has 96 valence electrons. The van der Waals surface area contributed by atoms with Crippen LogP contribution in [0.25, 0.3) is 0 Å². The van der Waals surface area contributed by atoms with E-state index in [0.29, 0.717) is 0 Å². The molecule has 2 rings (SSSR count). The third kappa shape index (κ3) is 4.17. The van der Waals surface area contributed by atoms with Crippen LogP contribution in [0.2, 0.25) is 0 Å². The molecule has 1 aromatic heterocycles. The van der Waals surface area contributed by atoms with Gasteiger partial charge in [0.25, 0.3) is 0 Å². The summed E-state index contributed by atoms with van der Waals surface area (Å²) in [5.41, 5.74) is 1.17. The molecular formula is C14H24N2O. The van der Waals surface area contributed by atoms with Gasteiger partial charge in [-0.05, 0) is 51.3 Å². The van der Waals surface area contributed by atoms with E-state index in [1.165, 1.54) is 37.9 Å². The maximum atomic E-state index is 5.82. The summed E-state index contributed by atoms with van der Waals surface area (Å²) in [5, 5.41) is 3.57. The molecule has 2 N–H and O–H groups in total. The lowest BCUT2D eigenvalue weighted by Crippen LogP contribution is -2.34. The van der Waals surface area contributed by atoms with Gasteiger partial charge in [0, 0.05) is 24.5 Å². The molecule has 3 heteroatoms. The Kier molecular flexibility index (Phi) is 5.08. The highest BCUT2D eigenvalue weighted by Crippen LogP contribution is 2.16. The minimum Gasteiger partial charge on any atom is -0.372 e. The summed E-state index contributed by atoms with van der Waals surface area (Å²) in [6.07, 6.45) is 8.60. The summed E-state index contributed by atoms with van der Waals surface area (Å²) in [5.74, 6) is 0. The fraction of sp³-hybridized carbons (Fsp3) is 0.714. The van der Waals surface area contributed by atoms with E-state index in [2.05, 4.69) is 23.3 Å². The highest BCUT2D eigenvalue weighted by Gasteiger charge is 2.12. The van der Waals surface area contributed by atoms with Crippen molar-refractivity contribution in [1.82, 2.24) is 10.3 Å². The molecule has 1 aromatic rings.